The van der Waals surface area contributed by atoms with Crippen molar-refractivity contribution in [1.82, 2.24) is 9.78 Å². The minimum absolute atomic E-state index is 0.0245. The number of aliphatic hydroxyl groups is 1. The zero-order chi connectivity index (χ0) is 23.1. The highest BCUT2D eigenvalue weighted by Crippen LogP contribution is 2.43. The van der Waals surface area contributed by atoms with Crippen molar-refractivity contribution in [2.75, 3.05) is 6.61 Å². The molecule has 1 aliphatic rings. The number of halogens is 4. The molecule has 2 unspecified atom stereocenters. The molecule has 10 heteroatoms. The first-order valence-corrected chi connectivity index (χ1v) is 9.82. The Kier molecular flexibility index (Phi) is 5.49. The summed E-state index contributed by atoms with van der Waals surface area (Å²) in [5, 5.41) is 15.1. The summed E-state index contributed by atoms with van der Waals surface area (Å²) >= 11 is 0. The fourth-order valence-electron chi connectivity index (χ4n) is 3.83. The van der Waals surface area contributed by atoms with Crippen LogP contribution < -0.4 is 10.3 Å². The van der Waals surface area contributed by atoms with Crippen LogP contribution >= 0.6 is 0 Å². The largest absolute Gasteiger partial charge is 0.490 e. The van der Waals surface area contributed by atoms with Gasteiger partial charge in [-0.3, -0.25) is 4.79 Å². The summed E-state index contributed by atoms with van der Waals surface area (Å²) in [7, 11) is 1.36. The van der Waals surface area contributed by atoms with E-state index >= 15 is 0 Å². The Morgan fingerprint density at radius 2 is 1.94 bits per heavy atom. The zero-order valence-corrected chi connectivity index (χ0v) is 16.9. The van der Waals surface area contributed by atoms with Crippen LogP contribution in [-0.4, -0.2) is 39.5 Å². The molecule has 0 saturated carbocycles. The van der Waals surface area contributed by atoms with Gasteiger partial charge in [-0.25, -0.2) is 14.1 Å². The molecule has 0 spiro atoms. The van der Waals surface area contributed by atoms with Crippen LogP contribution in [0.25, 0.3) is 10.8 Å². The van der Waals surface area contributed by atoms with Crippen LogP contribution in [0, 0.1) is 5.82 Å². The van der Waals surface area contributed by atoms with Gasteiger partial charge in [-0.1, -0.05) is 30.3 Å². The first kappa shape index (κ1) is 21.9. The molecular weight excluding hydrogens is 430 g/mol. The number of aryl methyl sites for hydroxylation is 1. The lowest BCUT2D eigenvalue weighted by Gasteiger charge is -2.33. The van der Waals surface area contributed by atoms with Crippen LogP contribution in [0.15, 0.2) is 52.3 Å². The summed E-state index contributed by atoms with van der Waals surface area (Å²) in [6.45, 7) is 0.0245. The molecule has 1 aromatic heterocycles. The number of hydrogen-bond donors (Lipinski definition) is 1. The van der Waals surface area contributed by atoms with Crippen molar-refractivity contribution in [3.63, 3.8) is 0 Å². The van der Waals surface area contributed by atoms with E-state index in [9.17, 15) is 27.5 Å². The predicted octanol–water partition coefficient (Wildman–Crippen LogP) is 4.02. The van der Waals surface area contributed by atoms with Crippen LogP contribution in [0.3, 0.4) is 0 Å². The van der Waals surface area contributed by atoms with Crippen LogP contribution in [-0.2, 0) is 7.05 Å². The fraction of sp³-hybridized carbons (Fsp3) is 0.318. The van der Waals surface area contributed by atoms with E-state index in [2.05, 4.69) is 10.1 Å². The topological polar surface area (TPSA) is 76.7 Å². The number of fused-ring (bicyclic) bond motifs is 2. The molecule has 0 radical (unpaired) electrons. The maximum Gasteiger partial charge on any atom is 0.422 e. The molecule has 1 N–H and O–H groups in total. The van der Waals surface area contributed by atoms with Gasteiger partial charge in [0, 0.05) is 24.2 Å². The molecule has 0 bridgehead atoms. The molecule has 0 saturated heterocycles. The molecule has 2 aromatic carbocycles. The Bertz CT molecular complexity index is 1260. The Morgan fingerprint density at radius 3 is 2.66 bits per heavy atom. The minimum Gasteiger partial charge on any atom is -0.490 e. The van der Waals surface area contributed by atoms with Gasteiger partial charge >= 0.3 is 6.18 Å². The van der Waals surface area contributed by atoms with Crippen molar-refractivity contribution in [3.05, 3.63) is 64.2 Å². The number of alkyl halides is 3. The van der Waals surface area contributed by atoms with E-state index in [0.29, 0.717) is 6.21 Å². The van der Waals surface area contributed by atoms with E-state index in [0.717, 1.165) is 10.7 Å². The van der Waals surface area contributed by atoms with Crippen LogP contribution in [0.4, 0.5) is 23.4 Å². The van der Waals surface area contributed by atoms with Crippen molar-refractivity contribution in [2.45, 2.75) is 30.5 Å². The van der Waals surface area contributed by atoms with E-state index in [1.165, 1.54) is 31.3 Å². The smallest absolute Gasteiger partial charge is 0.422 e. The maximum atomic E-state index is 14.0. The lowest BCUT2D eigenvalue weighted by Crippen LogP contribution is -2.48. The highest BCUT2D eigenvalue weighted by atomic mass is 19.4. The van der Waals surface area contributed by atoms with Crippen LogP contribution in [0.1, 0.15) is 24.3 Å². The number of para-hydroxylation sites is 1. The molecule has 0 aliphatic carbocycles. The number of nitrogens with zero attached hydrogens (tertiary/aromatic N) is 3. The van der Waals surface area contributed by atoms with Crippen LogP contribution in [0.2, 0.25) is 0 Å². The normalized spacial score (nSPS) is 18.4. The van der Waals surface area contributed by atoms with Gasteiger partial charge in [0.05, 0.1) is 12.0 Å². The van der Waals surface area contributed by atoms with Gasteiger partial charge < -0.3 is 9.84 Å². The molecule has 4 rings (SSSR count). The van der Waals surface area contributed by atoms with Gasteiger partial charge in [0.1, 0.15) is 0 Å². The van der Waals surface area contributed by atoms with Gasteiger partial charge in [0.15, 0.2) is 23.0 Å². The number of benzene rings is 2. The van der Waals surface area contributed by atoms with E-state index < -0.39 is 35.5 Å². The van der Waals surface area contributed by atoms with Gasteiger partial charge in [0.25, 0.3) is 5.56 Å². The zero-order valence-electron chi connectivity index (χ0n) is 16.9. The highest BCUT2D eigenvalue weighted by molar-refractivity contribution is 5.91. The van der Waals surface area contributed by atoms with E-state index in [-0.39, 0.29) is 40.9 Å². The minimum atomic E-state index is -5.06. The first-order chi connectivity index (χ1) is 15.1. The molecular formula is C22H19F4N3O3. The summed E-state index contributed by atoms with van der Waals surface area (Å²) in [6.07, 6.45) is -5.26. The molecule has 0 fully saturated rings. The fourth-order valence-corrected chi connectivity index (χ4v) is 3.83. The van der Waals surface area contributed by atoms with E-state index in [4.69, 9.17) is 4.74 Å². The van der Waals surface area contributed by atoms with Crippen molar-refractivity contribution in [1.29, 1.82) is 0 Å². The summed E-state index contributed by atoms with van der Waals surface area (Å²) in [5.74, 6) is -1.71. The second-order valence-corrected chi connectivity index (χ2v) is 7.67. The van der Waals surface area contributed by atoms with Crippen molar-refractivity contribution in [3.8, 4) is 5.75 Å². The third kappa shape index (κ3) is 3.86. The van der Waals surface area contributed by atoms with Gasteiger partial charge in [-0.2, -0.15) is 13.2 Å². The maximum absolute atomic E-state index is 14.0. The second kappa shape index (κ2) is 8.01. The predicted molar refractivity (Wildman–Crippen MR) is 110 cm³/mol. The number of rotatable bonds is 4. The summed E-state index contributed by atoms with van der Waals surface area (Å²) in [5.41, 5.74) is -3.47. The van der Waals surface area contributed by atoms with Gasteiger partial charge in [-0.05, 0) is 30.9 Å². The molecule has 6 nitrogen and oxygen atoms in total. The highest BCUT2D eigenvalue weighted by Gasteiger charge is 2.54. The lowest BCUT2D eigenvalue weighted by atomic mass is 9.82. The second-order valence-electron chi connectivity index (χ2n) is 7.67. The summed E-state index contributed by atoms with van der Waals surface area (Å²) < 4.78 is 62.1. The third-order valence-corrected chi connectivity index (χ3v) is 5.54. The van der Waals surface area contributed by atoms with Crippen molar-refractivity contribution >= 4 is 22.8 Å². The molecule has 0 amide bonds. The first-order valence-electron chi connectivity index (χ1n) is 9.82. The average molecular weight is 449 g/mol. The quantitative estimate of drug-likeness (QED) is 0.482. The van der Waals surface area contributed by atoms with Crippen molar-refractivity contribution < 1.29 is 27.4 Å². The van der Waals surface area contributed by atoms with E-state index in [1.807, 2.05) is 0 Å². The molecule has 32 heavy (non-hydrogen) atoms. The van der Waals surface area contributed by atoms with Gasteiger partial charge in [-0.15, -0.1) is 5.10 Å². The molecule has 3 aromatic rings. The molecule has 2 atom stereocenters. The standard InChI is InChI=1S/C22H19F4N3O3/c1-29-20(30)16-6-3-2-5-15(16)19(28-29)27-12-21(31,22(24,25)26)11-13-9-10-32-18-14(13)7-4-8-17(18)23/h2-8,12-13,31H,9-11H2,1H3. The lowest BCUT2D eigenvalue weighted by molar-refractivity contribution is -0.232. The SMILES string of the molecule is Cn1nc(N=CC(O)(CC2CCOc3c(F)cccc32)C(F)(F)F)c2ccccc2c1=O. The van der Waals surface area contributed by atoms with Crippen LogP contribution in [0.5, 0.6) is 5.75 Å². The third-order valence-electron chi connectivity index (χ3n) is 5.54. The van der Waals surface area contributed by atoms with Gasteiger partial charge in [0.2, 0.25) is 0 Å². The number of ether oxygens (including phenoxy) is 1. The average Bonchev–Trinajstić information content (AvgIpc) is 2.75. The molecule has 1 aliphatic heterocycles. The number of hydrogen-bond acceptors (Lipinski definition) is 5. The molecule has 2 heterocycles. The number of aromatic nitrogens is 2. The Hall–Kier alpha value is -3.27. The Labute approximate surface area is 179 Å². The summed E-state index contributed by atoms with van der Waals surface area (Å²) in [6, 6.07) is 10.3. The Morgan fingerprint density at radius 1 is 1.22 bits per heavy atom. The van der Waals surface area contributed by atoms with E-state index in [1.54, 1.807) is 12.1 Å². The Balaban J connectivity index is 1.75. The monoisotopic (exact) mass is 449 g/mol. The summed E-state index contributed by atoms with van der Waals surface area (Å²) in [4.78, 5) is 16.1. The van der Waals surface area contributed by atoms with Crippen molar-refractivity contribution in [2.24, 2.45) is 12.0 Å². The number of aliphatic imine (C=N–C) groups is 1. The molecule has 168 valence electrons.